The van der Waals surface area contributed by atoms with Crippen LogP contribution < -0.4 is 9.47 Å². The molecule has 2 unspecified atom stereocenters. The van der Waals surface area contributed by atoms with Crippen LogP contribution in [0.1, 0.15) is 20.1 Å². The molecule has 0 aliphatic carbocycles. The number of hydrogen-bond acceptors (Lipinski definition) is 3. The van der Waals surface area contributed by atoms with Gasteiger partial charge in [0.25, 0.3) is 0 Å². The van der Waals surface area contributed by atoms with Crippen molar-refractivity contribution in [1.82, 2.24) is 0 Å². The number of hydrogen-bond donors (Lipinski definition) is 0. The first kappa shape index (κ1) is 13.0. The molecular weight excluding hydrogens is 324 g/mol. The number of aryl methyl sites for hydroxylation is 2. The highest BCUT2D eigenvalue weighted by molar-refractivity contribution is 9.09. The highest BCUT2D eigenvalue weighted by Crippen LogP contribution is 2.40. The van der Waals surface area contributed by atoms with Crippen molar-refractivity contribution in [2.24, 2.45) is 0 Å². The Morgan fingerprint density at radius 2 is 2.00 bits per heavy atom. The lowest BCUT2D eigenvalue weighted by Crippen LogP contribution is -2.32. The summed E-state index contributed by atoms with van der Waals surface area (Å²) in [6, 6.07) is 10.0. The molecule has 2 nitrogen and oxygen atoms in total. The van der Waals surface area contributed by atoms with Crippen LogP contribution in [-0.2, 0) is 0 Å². The number of halogens is 1. The Labute approximate surface area is 125 Å². The molecule has 2 heterocycles. The zero-order chi connectivity index (χ0) is 13.4. The van der Waals surface area contributed by atoms with E-state index in [0.29, 0.717) is 6.61 Å². The van der Waals surface area contributed by atoms with Gasteiger partial charge in [-0.05, 0) is 37.6 Å². The summed E-state index contributed by atoms with van der Waals surface area (Å²) in [7, 11) is 0. The van der Waals surface area contributed by atoms with Gasteiger partial charge in [0.1, 0.15) is 12.7 Å². The first-order valence-electron chi connectivity index (χ1n) is 6.24. The molecule has 0 saturated carbocycles. The maximum atomic E-state index is 6.05. The predicted octanol–water partition coefficient (Wildman–Crippen LogP) is 4.64. The number of benzene rings is 1. The smallest absolute Gasteiger partial charge is 0.161 e. The summed E-state index contributed by atoms with van der Waals surface area (Å²) in [5, 5.41) is 0. The highest BCUT2D eigenvalue weighted by Gasteiger charge is 2.29. The monoisotopic (exact) mass is 338 g/mol. The minimum Gasteiger partial charge on any atom is -0.486 e. The van der Waals surface area contributed by atoms with E-state index in [-0.39, 0.29) is 10.9 Å². The molecule has 1 aliphatic heterocycles. The van der Waals surface area contributed by atoms with Crippen molar-refractivity contribution in [3.8, 4) is 11.5 Å². The molecule has 0 spiro atoms. The van der Waals surface area contributed by atoms with E-state index in [1.54, 1.807) is 0 Å². The van der Waals surface area contributed by atoms with Crippen molar-refractivity contribution in [2.45, 2.75) is 24.8 Å². The van der Waals surface area contributed by atoms with Crippen LogP contribution in [0.5, 0.6) is 11.5 Å². The fraction of sp³-hybridized carbons (Fsp3) is 0.333. The molecule has 1 aliphatic rings. The Bertz CT molecular complexity index is 594. The summed E-state index contributed by atoms with van der Waals surface area (Å²) in [5.41, 5.74) is 1.30. The number of rotatable bonds is 2. The van der Waals surface area contributed by atoms with E-state index < -0.39 is 0 Å². The number of thiophene rings is 1. The van der Waals surface area contributed by atoms with Gasteiger partial charge in [-0.3, -0.25) is 0 Å². The second-order valence-corrected chi connectivity index (χ2v) is 7.13. The normalized spacial score (nSPS) is 19.2. The van der Waals surface area contributed by atoms with Gasteiger partial charge in [-0.25, -0.2) is 0 Å². The van der Waals surface area contributed by atoms with Crippen LogP contribution in [0.3, 0.4) is 0 Å². The van der Waals surface area contributed by atoms with Gasteiger partial charge in [-0.1, -0.05) is 28.1 Å². The Morgan fingerprint density at radius 1 is 1.26 bits per heavy atom. The van der Waals surface area contributed by atoms with Gasteiger partial charge in [-0.2, -0.15) is 0 Å². The van der Waals surface area contributed by atoms with Crippen LogP contribution in [0.2, 0.25) is 0 Å². The molecular formula is C15H15BrO2S. The number of ether oxygens (including phenoxy) is 2. The topological polar surface area (TPSA) is 18.5 Å². The average Bonchev–Trinajstić information content (AvgIpc) is 2.76. The van der Waals surface area contributed by atoms with Gasteiger partial charge in [0, 0.05) is 9.75 Å². The van der Waals surface area contributed by atoms with Crippen LogP contribution in [0.4, 0.5) is 0 Å². The number of alkyl halides is 1. The largest absolute Gasteiger partial charge is 0.486 e. The van der Waals surface area contributed by atoms with E-state index in [4.69, 9.17) is 9.47 Å². The number of fused-ring (bicyclic) bond motifs is 1. The van der Waals surface area contributed by atoms with E-state index in [1.807, 2.05) is 35.6 Å². The van der Waals surface area contributed by atoms with E-state index >= 15 is 0 Å². The predicted molar refractivity (Wildman–Crippen MR) is 81.8 cm³/mol. The third-order valence-corrected chi connectivity index (χ3v) is 5.30. The second-order valence-electron chi connectivity index (χ2n) is 4.68. The van der Waals surface area contributed by atoms with Gasteiger partial charge in [0.05, 0.1) is 4.83 Å². The van der Waals surface area contributed by atoms with Crippen LogP contribution in [0.25, 0.3) is 0 Å². The third kappa shape index (κ3) is 2.51. The minimum absolute atomic E-state index is 0.00241. The molecule has 3 rings (SSSR count). The first-order chi connectivity index (χ1) is 9.15. The van der Waals surface area contributed by atoms with Crippen molar-refractivity contribution in [1.29, 1.82) is 0 Å². The van der Waals surface area contributed by atoms with Gasteiger partial charge >= 0.3 is 0 Å². The van der Waals surface area contributed by atoms with Gasteiger partial charge < -0.3 is 9.47 Å². The summed E-state index contributed by atoms with van der Waals surface area (Å²) in [5.74, 6) is 1.66. The van der Waals surface area contributed by atoms with Crippen molar-refractivity contribution in [3.05, 3.63) is 45.6 Å². The fourth-order valence-corrected chi connectivity index (χ4v) is 4.16. The lowest BCUT2D eigenvalue weighted by atomic mass is 10.1. The SMILES string of the molecule is Cc1cc(C(Br)C2COc3ccccc3O2)c(C)s1. The van der Waals surface area contributed by atoms with Gasteiger partial charge in [0.15, 0.2) is 11.5 Å². The van der Waals surface area contributed by atoms with Crippen molar-refractivity contribution in [3.63, 3.8) is 0 Å². The summed E-state index contributed by atoms with van der Waals surface area (Å²) in [6.45, 7) is 4.86. The molecule has 0 bridgehead atoms. The zero-order valence-electron chi connectivity index (χ0n) is 10.9. The molecule has 0 saturated heterocycles. The summed E-state index contributed by atoms with van der Waals surface area (Å²) in [4.78, 5) is 2.82. The Hall–Kier alpha value is -1.00. The Kier molecular flexibility index (Phi) is 3.54. The lowest BCUT2D eigenvalue weighted by Gasteiger charge is -2.29. The maximum absolute atomic E-state index is 6.05. The molecule has 1 aromatic carbocycles. The Morgan fingerprint density at radius 3 is 2.68 bits per heavy atom. The molecule has 4 heteroatoms. The van der Waals surface area contributed by atoms with Gasteiger partial charge in [0.2, 0.25) is 0 Å². The summed E-state index contributed by atoms with van der Waals surface area (Å²) < 4.78 is 11.8. The van der Waals surface area contributed by atoms with E-state index in [2.05, 4.69) is 35.8 Å². The standard InChI is InChI=1S/C15H15BrO2S/c1-9-7-11(10(2)19-9)15(16)14-8-17-12-5-3-4-6-13(12)18-14/h3-7,14-15H,8H2,1-2H3. The summed E-state index contributed by atoms with van der Waals surface area (Å²) in [6.07, 6.45) is 0.00241. The number of para-hydroxylation sites is 2. The van der Waals surface area contributed by atoms with Crippen molar-refractivity contribution >= 4 is 27.3 Å². The van der Waals surface area contributed by atoms with Crippen LogP contribution in [0, 0.1) is 13.8 Å². The van der Waals surface area contributed by atoms with Crippen LogP contribution in [0.15, 0.2) is 30.3 Å². The maximum Gasteiger partial charge on any atom is 0.161 e. The molecule has 19 heavy (non-hydrogen) atoms. The molecule has 0 fully saturated rings. The first-order valence-corrected chi connectivity index (χ1v) is 7.98. The fourth-order valence-electron chi connectivity index (χ4n) is 2.30. The average molecular weight is 339 g/mol. The summed E-state index contributed by atoms with van der Waals surface area (Å²) >= 11 is 5.59. The highest BCUT2D eigenvalue weighted by atomic mass is 79.9. The van der Waals surface area contributed by atoms with Crippen molar-refractivity contribution < 1.29 is 9.47 Å². The quantitative estimate of drug-likeness (QED) is 0.742. The molecule has 100 valence electrons. The zero-order valence-corrected chi connectivity index (χ0v) is 13.3. The minimum atomic E-state index is 0.00241. The second kappa shape index (κ2) is 5.17. The van der Waals surface area contributed by atoms with E-state index in [1.165, 1.54) is 15.3 Å². The van der Waals surface area contributed by atoms with Crippen molar-refractivity contribution in [2.75, 3.05) is 6.61 Å². The van der Waals surface area contributed by atoms with Crippen LogP contribution in [-0.4, -0.2) is 12.7 Å². The molecule has 0 radical (unpaired) electrons. The molecule has 0 N–H and O–H groups in total. The molecule has 2 aromatic rings. The third-order valence-electron chi connectivity index (χ3n) is 3.23. The lowest BCUT2D eigenvalue weighted by molar-refractivity contribution is 0.0904. The van der Waals surface area contributed by atoms with Gasteiger partial charge in [-0.15, -0.1) is 11.3 Å². The van der Waals surface area contributed by atoms with Crippen LogP contribution >= 0.6 is 27.3 Å². The Balaban J connectivity index is 1.83. The molecule has 0 amide bonds. The molecule has 2 atom stereocenters. The van der Waals surface area contributed by atoms with E-state index in [0.717, 1.165) is 11.5 Å². The van der Waals surface area contributed by atoms with E-state index in [9.17, 15) is 0 Å². The molecule has 1 aromatic heterocycles.